The van der Waals surface area contributed by atoms with E-state index in [9.17, 15) is 49.0 Å². The predicted octanol–water partition coefficient (Wildman–Crippen LogP) is 7.71. The van der Waals surface area contributed by atoms with Crippen LogP contribution in [0.3, 0.4) is 0 Å². The molecule has 16 heteroatoms. The van der Waals surface area contributed by atoms with E-state index in [0.717, 1.165) is 6.07 Å². The first-order chi connectivity index (χ1) is 14.2. The van der Waals surface area contributed by atoms with Gasteiger partial charge in [0, 0.05) is 5.56 Å². The minimum absolute atomic E-state index is 0.110. The zero-order valence-electron chi connectivity index (χ0n) is 16.2. The molecule has 0 atom stereocenters. The molecule has 1 saturated carbocycles. The molecule has 0 amide bonds. The van der Waals surface area contributed by atoms with Gasteiger partial charge in [-0.1, -0.05) is 32.9 Å². The maximum absolute atomic E-state index is 13.8. The number of aromatic hydroxyl groups is 1. The summed E-state index contributed by atoms with van der Waals surface area (Å²) >= 11 is -0.826. The molecule has 0 radical (unpaired) electrons. The van der Waals surface area contributed by atoms with Crippen molar-refractivity contribution in [2.45, 2.75) is 61.8 Å². The second kappa shape index (κ2) is 9.20. The molecule has 1 aromatic carbocycles. The molecule has 0 spiro atoms. The molecule has 0 bridgehead atoms. The summed E-state index contributed by atoms with van der Waals surface area (Å²) in [5.41, 5.74) is -1.46. The van der Waals surface area contributed by atoms with Gasteiger partial charge in [0.25, 0.3) is 0 Å². The van der Waals surface area contributed by atoms with Crippen molar-refractivity contribution < 1.29 is 69.9 Å². The van der Waals surface area contributed by atoms with Crippen LogP contribution in [0.4, 0.5) is 49.6 Å². The molecule has 182 valence electrons. The first-order valence-corrected chi connectivity index (χ1v) is 14.6. The molecule has 1 aliphatic rings. The average Bonchev–Trinajstić information content (AvgIpc) is 2.61. The fourth-order valence-electron chi connectivity index (χ4n) is 2.67. The zero-order chi connectivity index (χ0) is 25.6. The normalized spacial score (nSPS) is 23.3. The van der Waals surface area contributed by atoms with Gasteiger partial charge < -0.3 is 5.11 Å². The van der Waals surface area contributed by atoms with Gasteiger partial charge >= 0.3 is 67.5 Å². The van der Waals surface area contributed by atoms with Gasteiger partial charge in [0.15, 0.2) is 0 Å². The molecule has 0 saturated heterocycles. The number of phenols is 1. The number of benzene rings is 1. The van der Waals surface area contributed by atoms with Crippen LogP contribution in [-0.4, -0.2) is 40.8 Å². The van der Waals surface area contributed by atoms with E-state index in [4.69, 9.17) is 17.0 Å². The maximum atomic E-state index is 13.8. The second-order valence-corrected chi connectivity index (χ2v) is 11.3. The Hall–Kier alpha value is -0.617. The van der Waals surface area contributed by atoms with E-state index >= 15 is 0 Å². The van der Waals surface area contributed by atoms with Crippen molar-refractivity contribution in [2.75, 3.05) is 0 Å². The van der Waals surface area contributed by atoms with E-state index in [1.807, 2.05) is 0 Å². The van der Waals surface area contributed by atoms with Crippen LogP contribution in [0, 0.1) is 0 Å². The topological polar surface area (TPSA) is 45.0 Å². The summed E-state index contributed by atoms with van der Waals surface area (Å²) in [6.07, 6.45) is 0. The summed E-state index contributed by atoms with van der Waals surface area (Å²) < 4.78 is 135. The van der Waals surface area contributed by atoms with Gasteiger partial charge in [0.05, 0.1) is 0 Å². The Morgan fingerprint density at radius 3 is 1.62 bits per heavy atom. The fraction of sp³-hybridized carbons (Fsp3) is 0.625. The van der Waals surface area contributed by atoms with Gasteiger partial charge in [-0.2, -0.15) is 54.1 Å². The number of hydrogen-bond acceptors (Lipinski definition) is 3. The number of azo groups is 1. The third-order valence-electron chi connectivity index (χ3n) is 4.42. The van der Waals surface area contributed by atoms with Gasteiger partial charge in [-0.3, -0.25) is 0 Å². The molecule has 32 heavy (non-hydrogen) atoms. The van der Waals surface area contributed by atoms with E-state index in [1.54, 1.807) is 20.8 Å². The van der Waals surface area contributed by atoms with Crippen LogP contribution in [0.2, 0.25) is 0 Å². The minimum atomic E-state index is -7.06. The summed E-state index contributed by atoms with van der Waals surface area (Å²) in [6, 6.07) is -1.28. The number of halogens is 12. The van der Waals surface area contributed by atoms with Crippen molar-refractivity contribution in [3.8, 4) is 5.75 Å². The predicted molar refractivity (Wildman–Crippen MR) is 91.6 cm³/mol. The average molecular weight is 602 g/mol. The Morgan fingerprint density at radius 1 is 0.844 bits per heavy atom. The van der Waals surface area contributed by atoms with E-state index in [1.165, 1.54) is 12.1 Å². The zero-order valence-corrected chi connectivity index (χ0v) is 20.2. The Bertz CT molecular complexity index is 832. The third-order valence-corrected chi connectivity index (χ3v) is 4.42. The van der Waals surface area contributed by atoms with Crippen LogP contribution in [0.15, 0.2) is 28.4 Å². The van der Waals surface area contributed by atoms with Crippen molar-refractivity contribution in [3.05, 3.63) is 23.8 Å². The number of para-hydroxylation sites is 1. The molecule has 0 aliphatic heterocycles. The summed E-state index contributed by atoms with van der Waals surface area (Å²) in [5, 5.41) is 15.0. The molecule has 0 aromatic heterocycles. The molecule has 1 aliphatic carbocycles. The van der Waals surface area contributed by atoms with E-state index in [2.05, 4.69) is 10.2 Å². The molecule has 1 N–H and O–H groups in total. The van der Waals surface area contributed by atoms with E-state index in [0.29, 0.717) is 0 Å². The van der Waals surface area contributed by atoms with Crippen LogP contribution in [0.25, 0.3) is 0 Å². The van der Waals surface area contributed by atoms with Crippen molar-refractivity contribution in [3.63, 3.8) is 0 Å². The molecule has 0 heterocycles. The van der Waals surface area contributed by atoms with Crippen LogP contribution in [0.5, 0.6) is 5.75 Å². The molecule has 0 unspecified atom stereocenters. The fourth-order valence-corrected chi connectivity index (χ4v) is 2.67. The number of rotatable bonds is 2. The van der Waals surface area contributed by atoms with Crippen LogP contribution < -0.4 is 0 Å². The van der Waals surface area contributed by atoms with Crippen molar-refractivity contribution in [1.29, 1.82) is 0 Å². The van der Waals surface area contributed by atoms with E-state index < -0.39 is 73.4 Å². The Balaban J connectivity index is 0.00000161. The summed E-state index contributed by atoms with van der Waals surface area (Å²) in [4.78, 5) is 0. The van der Waals surface area contributed by atoms with Gasteiger partial charge in [-0.05, 0) is 11.5 Å². The summed E-state index contributed by atoms with van der Waals surface area (Å²) in [5.74, 6) is -34.3. The number of nitrogens with zero attached hydrogens (tertiary/aromatic N) is 2. The standard InChI is InChI=1S/C16H14F10N2O.2ClH.Zr/c1-11(2,3)7-5-4-6-8(9(7)29)27-28-10-12(17,18)14(21,22)16(25,26)15(23,24)13(10,19)20;;;/h4-6,10,29H,1-3H3;2*1H;/q;;;+2/p-2. The third kappa shape index (κ3) is 4.52. The van der Waals surface area contributed by atoms with Crippen LogP contribution in [-0.2, 0) is 26.3 Å². The Morgan fingerprint density at radius 2 is 1.25 bits per heavy atom. The number of alkyl halides is 10. The molecule has 2 rings (SSSR count). The first kappa shape index (κ1) is 29.4. The Labute approximate surface area is 193 Å². The van der Waals surface area contributed by atoms with Crippen LogP contribution >= 0.6 is 17.0 Å². The first-order valence-electron chi connectivity index (χ1n) is 8.24. The van der Waals surface area contributed by atoms with Crippen molar-refractivity contribution in [1.82, 2.24) is 0 Å². The van der Waals surface area contributed by atoms with Crippen molar-refractivity contribution >= 4 is 22.7 Å². The van der Waals surface area contributed by atoms with Crippen molar-refractivity contribution in [2.24, 2.45) is 10.2 Å². The van der Waals surface area contributed by atoms with Gasteiger partial charge in [0.1, 0.15) is 11.4 Å². The molecule has 3 nitrogen and oxygen atoms in total. The molecular formula is C16H14Cl2F10N2OZr. The molecule has 1 fully saturated rings. The molecule has 1 aromatic rings. The quantitative estimate of drug-likeness (QED) is 0.274. The molecular weight excluding hydrogens is 588 g/mol. The summed E-state index contributed by atoms with van der Waals surface area (Å²) in [7, 11) is 9.87. The second-order valence-electron chi connectivity index (χ2n) is 7.58. The van der Waals surface area contributed by atoms with Gasteiger partial charge in [0.2, 0.25) is 6.04 Å². The Kier molecular flexibility index (Phi) is 8.46. The summed E-state index contributed by atoms with van der Waals surface area (Å²) in [6.45, 7) is 4.74. The van der Waals surface area contributed by atoms with Crippen LogP contribution in [0.1, 0.15) is 26.3 Å². The van der Waals surface area contributed by atoms with Gasteiger partial charge in [-0.25, -0.2) is 0 Å². The van der Waals surface area contributed by atoms with Gasteiger partial charge in [-0.15, -0.1) is 0 Å². The monoisotopic (exact) mass is 600 g/mol. The number of phenolic OH excluding ortho intramolecular Hbond substituents is 1. The SMILES string of the molecule is CC(C)(C)c1cccc(N=NC2C(F)(F)C(F)(F)C(F)(F)C(F)(F)C2(F)F)c1O.[Cl][Zr][Cl]. The number of hydrogen-bond donors (Lipinski definition) is 1. The van der Waals surface area contributed by atoms with E-state index in [-0.39, 0.29) is 5.56 Å².